The summed E-state index contributed by atoms with van der Waals surface area (Å²) < 4.78 is 0. The van der Waals surface area contributed by atoms with Crippen LogP contribution in [-0.2, 0) is 24.0 Å². The van der Waals surface area contributed by atoms with Crippen molar-refractivity contribution >= 4 is 29.4 Å². The van der Waals surface area contributed by atoms with E-state index in [1.54, 1.807) is 13.0 Å². The van der Waals surface area contributed by atoms with E-state index in [0.717, 1.165) is 19.3 Å². The zero-order chi connectivity index (χ0) is 26.8. The lowest BCUT2D eigenvalue weighted by Gasteiger charge is -2.39. The molecule has 3 rings (SSSR count). The smallest absolute Gasteiger partial charge is 0.306 e. The van der Waals surface area contributed by atoms with Gasteiger partial charge in [0.25, 0.3) is 0 Å². The molecule has 2 saturated carbocycles. The number of rotatable bonds is 11. The molecule has 0 unspecified atom stereocenters. The third-order valence-electron chi connectivity index (χ3n) is 8.72. The molecule has 2 amide bonds. The average molecular weight is 502 g/mol. The number of carbonyl (C=O) groups excluding carboxylic acids is 4. The number of carboxylic acid groups (broad SMARTS) is 1. The molecule has 0 aromatic rings. The van der Waals surface area contributed by atoms with Gasteiger partial charge in [0.15, 0.2) is 11.6 Å². The third kappa shape index (κ3) is 4.97. The van der Waals surface area contributed by atoms with Crippen LogP contribution in [0.1, 0.15) is 65.7 Å². The zero-order valence-corrected chi connectivity index (χ0v) is 21.4. The van der Waals surface area contributed by atoms with Crippen molar-refractivity contribution in [2.24, 2.45) is 47.3 Å². The summed E-state index contributed by atoms with van der Waals surface area (Å²) in [5, 5.41) is 23.7. The van der Waals surface area contributed by atoms with Crippen molar-refractivity contribution in [2.45, 2.75) is 71.3 Å². The highest BCUT2D eigenvalue weighted by atomic mass is 16.4. The Hall–Kier alpha value is -2.61. The molecule has 0 aromatic carbocycles. The van der Waals surface area contributed by atoms with E-state index < -0.39 is 70.5 Å². The first-order valence-corrected chi connectivity index (χ1v) is 13.1. The van der Waals surface area contributed by atoms with Crippen LogP contribution in [0.5, 0.6) is 0 Å². The second-order valence-electron chi connectivity index (χ2n) is 10.9. The lowest BCUT2D eigenvalue weighted by atomic mass is 9.63. The van der Waals surface area contributed by atoms with Crippen LogP contribution in [-0.4, -0.2) is 45.2 Å². The Morgan fingerprint density at radius 3 is 2.47 bits per heavy atom. The van der Waals surface area contributed by atoms with Gasteiger partial charge < -0.3 is 10.2 Å². The molecule has 2 aliphatic carbocycles. The molecule has 0 spiro atoms. The molecular weight excluding hydrogens is 462 g/mol. The molecule has 198 valence electrons. The molecule has 1 heterocycles. The van der Waals surface area contributed by atoms with Gasteiger partial charge in [0.05, 0.1) is 17.8 Å². The number of allylic oxidation sites excluding steroid dienone is 2. The van der Waals surface area contributed by atoms with Crippen molar-refractivity contribution in [3.63, 3.8) is 0 Å². The van der Waals surface area contributed by atoms with E-state index in [9.17, 15) is 34.2 Å². The fraction of sp³-hybridized carbons (Fsp3) is 0.679. The van der Waals surface area contributed by atoms with Gasteiger partial charge in [-0.05, 0) is 62.4 Å². The highest BCUT2D eigenvalue weighted by Crippen LogP contribution is 2.56. The maximum Gasteiger partial charge on any atom is 0.306 e. The van der Waals surface area contributed by atoms with Gasteiger partial charge >= 0.3 is 5.97 Å². The predicted octanol–water partition coefficient (Wildman–Crippen LogP) is 3.09. The van der Waals surface area contributed by atoms with Crippen LogP contribution < -0.4 is 5.32 Å². The summed E-state index contributed by atoms with van der Waals surface area (Å²) in [6.45, 7) is 9.38. The van der Waals surface area contributed by atoms with Crippen LogP contribution in [0, 0.1) is 47.3 Å². The fourth-order valence-electron chi connectivity index (χ4n) is 7.14. The summed E-state index contributed by atoms with van der Waals surface area (Å²) >= 11 is 0. The first-order valence-electron chi connectivity index (χ1n) is 13.1. The summed E-state index contributed by atoms with van der Waals surface area (Å²) in [7, 11) is 0. The number of aliphatic carboxylic acids is 1. The van der Waals surface area contributed by atoms with Crippen LogP contribution in [0.2, 0.25) is 0 Å². The van der Waals surface area contributed by atoms with E-state index in [0.29, 0.717) is 12.8 Å². The minimum Gasteiger partial charge on any atom is -0.481 e. The number of carbonyl (C=O) groups is 5. The van der Waals surface area contributed by atoms with Gasteiger partial charge in [-0.25, -0.2) is 0 Å². The van der Waals surface area contributed by atoms with Crippen LogP contribution >= 0.6 is 0 Å². The maximum absolute atomic E-state index is 14.2. The van der Waals surface area contributed by atoms with Crippen molar-refractivity contribution in [1.82, 2.24) is 5.32 Å². The fourth-order valence-corrected chi connectivity index (χ4v) is 7.14. The van der Waals surface area contributed by atoms with E-state index in [1.807, 2.05) is 6.92 Å². The summed E-state index contributed by atoms with van der Waals surface area (Å²) in [6.07, 6.45) is 8.20. The monoisotopic (exact) mass is 501 g/mol. The molecule has 3 N–H and O–H groups in total. The molecule has 0 bridgehead atoms. The highest BCUT2D eigenvalue weighted by Gasteiger charge is 2.64. The quantitative estimate of drug-likeness (QED) is 0.130. The number of hydrogen-bond acceptors (Lipinski definition) is 6. The topological polar surface area (TPSA) is 138 Å². The molecule has 1 saturated heterocycles. The maximum atomic E-state index is 14.2. The Balaban J connectivity index is 2.03. The Morgan fingerprint density at radius 1 is 1.19 bits per heavy atom. The Morgan fingerprint density at radius 2 is 1.89 bits per heavy atom. The van der Waals surface area contributed by atoms with Gasteiger partial charge in [-0.1, -0.05) is 45.3 Å². The second-order valence-corrected chi connectivity index (χ2v) is 10.9. The van der Waals surface area contributed by atoms with Gasteiger partial charge in [-0.3, -0.25) is 29.3 Å². The number of nitrogens with one attached hydrogen (secondary N) is 1. The van der Waals surface area contributed by atoms with E-state index in [-0.39, 0.29) is 24.7 Å². The van der Waals surface area contributed by atoms with Gasteiger partial charge in [-0.2, -0.15) is 0 Å². The van der Waals surface area contributed by atoms with Crippen molar-refractivity contribution < 1.29 is 34.2 Å². The van der Waals surface area contributed by atoms with E-state index >= 15 is 0 Å². The normalized spacial score (nSPS) is 36.9. The molecule has 0 radical (unpaired) electrons. The summed E-state index contributed by atoms with van der Waals surface area (Å²) in [5.74, 6) is -8.93. The largest absolute Gasteiger partial charge is 0.481 e. The van der Waals surface area contributed by atoms with Crippen LogP contribution in [0.4, 0.5) is 0 Å². The molecule has 1 aliphatic heterocycles. The average Bonchev–Trinajstić information content (AvgIpc) is 3.29. The first kappa shape index (κ1) is 28.0. The number of carboxylic acids is 1. The first-order chi connectivity index (χ1) is 17.0. The van der Waals surface area contributed by atoms with Gasteiger partial charge in [-0.15, -0.1) is 6.58 Å². The number of hydrogen-bond donors (Lipinski definition) is 3. The van der Waals surface area contributed by atoms with Crippen molar-refractivity contribution in [3.8, 4) is 0 Å². The Bertz CT molecular complexity index is 956. The van der Waals surface area contributed by atoms with Crippen LogP contribution in [0.15, 0.2) is 24.8 Å². The molecule has 3 fully saturated rings. The van der Waals surface area contributed by atoms with E-state index in [2.05, 4.69) is 18.8 Å². The minimum atomic E-state index is -2.05. The molecule has 8 heteroatoms. The number of amides is 2. The molecule has 0 aromatic heterocycles. The van der Waals surface area contributed by atoms with Gasteiger partial charge in [0.1, 0.15) is 11.5 Å². The number of Topliss-reactive ketones (excluding diaryl/α,β-unsaturated/α-hetero) is 1. The van der Waals surface area contributed by atoms with Crippen LogP contribution in [0.3, 0.4) is 0 Å². The van der Waals surface area contributed by atoms with Crippen molar-refractivity contribution in [1.29, 1.82) is 0 Å². The number of unbranched alkanes of at least 4 members (excludes halogenated alkanes) is 2. The minimum absolute atomic E-state index is 0.0420. The standard InChI is InChI=1S/C28H39NO7/c1-5-8-9-11-16(7-3)21-22(26(33)29-25(21)32)24(31)23-20-15(4)12-17(27(34)35)13-18(20)14-28(23,36)19(30)10-6-2/h6-7,10,15-18,20-23,36H,3,5,8-9,11-14H2,1-2,4H3,(H,34,35)(H,29,32,33)/b10-6+/t15-,16+,17+,18-,20+,21-,22+,23+,28-/m0/s1. The van der Waals surface area contributed by atoms with Gasteiger partial charge in [0.2, 0.25) is 11.8 Å². The molecule has 9 atom stereocenters. The highest BCUT2D eigenvalue weighted by molar-refractivity contribution is 6.17. The molecule has 36 heavy (non-hydrogen) atoms. The van der Waals surface area contributed by atoms with Crippen molar-refractivity contribution in [3.05, 3.63) is 24.8 Å². The van der Waals surface area contributed by atoms with E-state index in [4.69, 9.17) is 0 Å². The van der Waals surface area contributed by atoms with Gasteiger partial charge in [0, 0.05) is 0 Å². The Labute approximate surface area is 212 Å². The summed E-state index contributed by atoms with van der Waals surface area (Å²) in [4.78, 5) is 65.0. The SMILES string of the molecule is C=C[C@H](CCCCC)[C@@H]1C(=O)NC(=O)[C@H]1C(=O)[C@H]1[C@H]2[C@@H](C[C@H](C(=O)O)C[C@@H]2C)C[C@]1(O)C(=O)/C=C/C. The molecule has 3 aliphatic rings. The number of aliphatic hydroxyl groups is 1. The molecule has 8 nitrogen and oxygen atoms in total. The summed E-state index contributed by atoms with van der Waals surface area (Å²) in [5.41, 5.74) is -2.05. The lowest BCUT2D eigenvalue weighted by Crippen LogP contribution is -2.51. The Kier molecular flexibility index (Phi) is 8.70. The molecular formula is C28H39NO7. The lowest BCUT2D eigenvalue weighted by molar-refractivity contribution is -0.152. The zero-order valence-electron chi connectivity index (χ0n) is 21.4. The second kappa shape index (κ2) is 11.2. The van der Waals surface area contributed by atoms with Crippen LogP contribution in [0.25, 0.3) is 0 Å². The van der Waals surface area contributed by atoms with Crippen molar-refractivity contribution in [2.75, 3.05) is 0 Å². The number of fused-ring (bicyclic) bond motifs is 1. The summed E-state index contributed by atoms with van der Waals surface area (Å²) in [6, 6.07) is 0. The third-order valence-corrected chi connectivity index (χ3v) is 8.72. The van der Waals surface area contributed by atoms with E-state index in [1.165, 1.54) is 12.2 Å². The number of ketones is 2. The number of imide groups is 1. The predicted molar refractivity (Wildman–Crippen MR) is 132 cm³/mol.